The Labute approximate surface area is 182 Å². The summed E-state index contributed by atoms with van der Waals surface area (Å²) in [4.78, 5) is 2.39. The van der Waals surface area contributed by atoms with Gasteiger partial charge in [0, 0.05) is 29.4 Å². The van der Waals surface area contributed by atoms with Crippen LogP contribution in [-0.2, 0) is 10.0 Å². The molecular formula is C22H23ClN4O2S. The van der Waals surface area contributed by atoms with Crippen molar-refractivity contribution in [2.75, 3.05) is 22.7 Å². The maximum atomic E-state index is 12.5. The highest BCUT2D eigenvalue weighted by molar-refractivity contribution is 7.92. The summed E-state index contributed by atoms with van der Waals surface area (Å²) in [6.45, 7) is 4.30. The minimum atomic E-state index is -3.70. The molecule has 0 unspecified atom stereocenters. The van der Waals surface area contributed by atoms with Crippen molar-refractivity contribution in [2.45, 2.75) is 24.7 Å². The van der Waals surface area contributed by atoms with Crippen LogP contribution in [0.1, 0.15) is 19.8 Å². The van der Waals surface area contributed by atoms with Gasteiger partial charge in [-0.15, -0.1) is 10.2 Å². The summed E-state index contributed by atoms with van der Waals surface area (Å²) >= 11 is 5.90. The van der Waals surface area contributed by atoms with E-state index in [9.17, 15) is 8.42 Å². The first-order valence-electron chi connectivity index (χ1n) is 9.88. The number of benzene rings is 2. The van der Waals surface area contributed by atoms with Crippen LogP contribution in [0.15, 0.2) is 65.6 Å². The molecule has 1 saturated heterocycles. The number of piperidine rings is 1. The lowest BCUT2D eigenvalue weighted by Crippen LogP contribution is -2.33. The zero-order chi connectivity index (χ0) is 21.1. The average molecular weight is 443 g/mol. The Morgan fingerprint density at radius 3 is 2.37 bits per heavy atom. The Kier molecular flexibility index (Phi) is 5.92. The topological polar surface area (TPSA) is 75.2 Å². The minimum absolute atomic E-state index is 0.118. The average Bonchev–Trinajstić information content (AvgIpc) is 2.75. The monoisotopic (exact) mass is 442 g/mol. The van der Waals surface area contributed by atoms with E-state index in [1.165, 1.54) is 25.0 Å². The Morgan fingerprint density at radius 2 is 1.73 bits per heavy atom. The maximum Gasteiger partial charge on any atom is 0.261 e. The summed E-state index contributed by atoms with van der Waals surface area (Å²) < 4.78 is 27.6. The lowest BCUT2D eigenvalue weighted by atomic mass is 9.99. The van der Waals surface area contributed by atoms with E-state index in [0.29, 0.717) is 10.7 Å². The quantitative estimate of drug-likeness (QED) is 0.612. The Hall–Kier alpha value is -2.64. The van der Waals surface area contributed by atoms with Crippen molar-refractivity contribution in [3.8, 4) is 11.3 Å². The predicted molar refractivity (Wildman–Crippen MR) is 120 cm³/mol. The van der Waals surface area contributed by atoms with E-state index in [1.54, 1.807) is 24.3 Å². The molecule has 0 spiro atoms. The first kappa shape index (κ1) is 20.6. The van der Waals surface area contributed by atoms with Crippen LogP contribution in [0.3, 0.4) is 0 Å². The van der Waals surface area contributed by atoms with Gasteiger partial charge in [-0.25, -0.2) is 8.42 Å². The van der Waals surface area contributed by atoms with Crippen LogP contribution < -0.4 is 9.62 Å². The first-order valence-corrected chi connectivity index (χ1v) is 11.7. The molecule has 3 aromatic rings. The van der Waals surface area contributed by atoms with Crippen molar-refractivity contribution in [2.24, 2.45) is 5.92 Å². The minimum Gasteiger partial charge on any atom is -0.355 e. The molecule has 1 N–H and O–H groups in total. The SMILES string of the molecule is CC1CCN(c2ccc(-c3ccc(NS(=O)(=O)c4cccc(Cl)c4)cc3)nn2)CC1. The summed E-state index contributed by atoms with van der Waals surface area (Å²) in [6, 6.07) is 17.2. The summed E-state index contributed by atoms with van der Waals surface area (Å²) in [6.07, 6.45) is 2.35. The molecule has 0 radical (unpaired) electrons. The van der Waals surface area contributed by atoms with Crippen LogP contribution >= 0.6 is 11.6 Å². The van der Waals surface area contributed by atoms with Gasteiger partial charge in [0.25, 0.3) is 10.0 Å². The largest absolute Gasteiger partial charge is 0.355 e. The molecule has 1 aliphatic heterocycles. The van der Waals surface area contributed by atoms with E-state index < -0.39 is 10.0 Å². The molecule has 6 nitrogen and oxygen atoms in total. The van der Waals surface area contributed by atoms with Crippen molar-refractivity contribution >= 4 is 33.1 Å². The van der Waals surface area contributed by atoms with Gasteiger partial charge in [-0.1, -0.05) is 36.7 Å². The van der Waals surface area contributed by atoms with E-state index in [0.717, 1.165) is 36.1 Å². The van der Waals surface area contributed by atoms with E-state index >= 15 is 0 Å². The van der Waals surface area contributed by atoms with Gasteiger partial charge in [0.1, 0.15) is 0 Å². The van der Waals surface area contributed by atoms with E-state index in [-0.39, 0.29) is 4.90 Å². The fraction of sp³-hybridized carbons (Fsp3) is 0.273. The highest BCUT2D eigenvalue weighted by Crippen LogP contribution is 2.25. The number of halogens is 1. The number of aromatic nitrogens is 2. The third-order valence-electron chi connectivity index (χ3n) is 5.30. The van der Waals surface area contributed by atoms with E-state index in [2.05, 4.69) is 26.7 Å². The number of anilines is 2. The van der Waals surface area contributed by atoms with Gasteiger partial charge < -0.3 is 4.90 Å². The van der Waals surface area contributed by atoms with Crippen molar-refractivity contribution in [3.63, 3.8) is 0 Å². The lowest BCUT2D eigenvalue weighted by molar-refractivity contribution is 0.436. The molecule has 1 fully saturated rings. The second-order valence-corrected chi connectivity index (χ2v) is 9.71. The summed E-state index contributed by atoms with van der Waals surface area (Å²) in [5.41, 5.74) is 2.08. The molecule has 156 valence electrons. The fourth-order valence-corrected chi connectivity index (χ4v) is 4.80. The van der Waals surface area contributed by atoms with Crippen LogP contribution in [0.25, 0.3) is 11.3 Å². The Balaban J connectivity index is 1.46. The number of rotatable bonds is 5. The van der Waals surface area contributed by atoms with Crippen molar-refractivity contribution in [1.82, 2.24) is 10.2 Å². The van der Waals surface area contributed by atoms with Gasteiger partial charge in [0.05, 0.1) is 10.6 Å². The number of sulfonamides is 1. The highest BCUT2D eigenvalue weighted by atomic mass is 35.5. The number of nitrogens with zero attached hydrogens (tertiary/aromatic N) is 3. The fourth-order valence-electron chi connectivity index (χ4n) is 3.44. The van der Waals surface area contributed by atoms with Gasteiger partial charge in [-0.3, -0.25) is 4.72 Å². The predicted octanol–water partition coefficient (Wildman–Crippen LogP) is 4.83. The molecule has 0 aliphatic carbocycles. The molecule has 1 aliphatic rings. The zero-order valence-electron chi connectivity index (χ0n) is 16.6. The van der Waals surface area contributed by atoms with Gasteiger partial charge in [-0.2, -0.15) is 0 Å². The van der Waals surface area contributed by atoms with Crippen LogP contribution in [0.5, 0.6) is 0 Å². The number of hydrogen-bond acceptors (Lipinski definition) is 5. The van der Waals surface area contributed by atoms with Gasteiger partial charge in [0.2, 0.25) is 0 Å². The number of hydrogen-bond donors (Lipinski definition) is 1. The molecule has 0 atom stereocenters. The summed E-state index contributed by atoms with van der Waals surface area (Å²) in [7, 11) is -3.70. The van der Waals surface area contributed by atoms with Crippen molar-refractivity contribution in [1.29, 1.82) is 0 Å². The second-order valence-electron chi connectivity index (χ2n) is 7.59. The van der Waals surface area contributed by atoms with Crippen LogP contribution in [-0.4, -0.2) is 31.7 Å². The zero-order valence-corrected chi connectivity index (χ0v) is 18.2. The lowest BCUT2D eigenvalue weighted by Gasteiger charge is -2.30. The highest BCUT2D eigenvalue weighted by Gasteiger charge is 2.18. The molecule has 2 heterocycles. The normalized spacial score (nSPS) is 15.2. The third kappa shape index (κ3) is 4.74. The molecule has 30 heavy (non-hydrogen) atoms. The van der Waals surface area contributed by atoms with Crippen LogP contribution in [0, 0.1) is 5.92 Å². The molecule has 0 amide bonds. The van der Waals surface area contributed by atoms with E-state index in [1.807, 2.05) is 24.3 Å². The molecule has 8 heteroatoms. The van der Waals surface area contributed by atoms with Gasteiger partial charge in [0.15, 0.2) is 5.82 Å². The third-order valence-corrected chi connectivity index (χ3v) is 6.91. The first-order chi connectivity index (χ1) is 14.4. The second kappa shape index (κ2) is 8.62. The molecule has 2 aromatic carbocycles. The summed E-state index contributed by atoms with van der Waals surface area (Å²) in [5, 5.41) is 9.11. The molecule has 0 saturated carbocycles. The molecule has 0 bridgehead atoms. The van der Waals surface area contributed by atoms with Gasteiger partial charge in [-0.05, 0) is 61.2 Å². The number of nitrogens with one attached hydrogen (secondary N) is 1. The van der Waals surface area contributed by atoms with E-state index in [4.69, 9.17) is 11.6 Å². The Bertz CT molecular complexity index is 1110. The summed E-state index contributed by atoms with van der Waals surface area (Å²) in [5.74, 6) is 1.67. The van der Waals surface area contributed by atoms with Gasteiger partial charge >= 0.3 is 0 Å². The molecule has 1 aromatic heterocycles. The van der Waals surface area contributed by atoms with Crippen LogP contribution in [0.2, 0.25) is 5.02 Å². The molecule has 4 rings (SSSR count). The van der Waals surface area contributed by atoms with Crippen molar-refractivity contribution in [3.05, 3.63) is 65.7 Å². The maximum absolute atomic E-state index is 12.5. The van der Waals surface area contributed by atoms with Crippen LogP contribution in [0.4, 0.5) is 11.5 Å². The van der Waals surface area contributed by atoms with Crippen molar-refractivity contribution < 1.29 is 8.42 Å². The smallest absolute Gasteiger partial charge is 0.261 e. The standard InChI is InChI=1S/C22H23ClN4O2S/c1-16-11-13-27(14-12-16)22-10-9-21(24-25-22)17-5-7-19(8-6-17)26-30(28,29)20-4-2-3-18(23)15-20/h2-10,15-16,26H,11-14H2,1H3. The Morgan fingerprint density at radius 1 is 1.00 bits per heavy atom. The molecular weight excluding hydrogens is 420 g/mol.